The number of unbranched alkanes of at least 4 members (excludes halogenated alkanes) is 1. The predicted octanol–water partition coefficient (Wildman–Crippen LogP) is 2.95. The second kappa shape index (κ2) is 8.86. The summed E-state index contributed by atoms with van der Waals surface area (Å²) in [6, 6.07) is 0. The van der Waals surface area contributed by atoms with Crippen LogP contribution in [0.4, 0.5) is 0 Å². The first kappa shape index (κ1) is 16.8. The summed E-state index contributed by atoms with van der Waals surface area (Å²) in [6.07, 6.45) is 5.46. The van der Waals surface area contributed by atoms with E-state index in [1.54, 1.807) is 12.4 Å². The highest BCUT2D eigenvalue weighted by Crippen LogP contribution is 2.19. The van der Waals surface area contributed by atoms with Gasteiger partial charge in [0.25, 0.3) is 0 Å². The van der Waals surface area contributed by atoms with Gasteiger partial charge in [0.1, 0.15) is 5.82 Å². The maximum Gasteiger partial charge on any atom is 0.155 e. The van der Waals surface area contributed by atoms with Crippen LogP contribution in [0.25, 0.3) is 0 Å². The molecule has 1 N–H and O–H groups in total. The minimum Gasteiger partial charge on any atom is -0.490 e. The van der Waals surface area contributed by atoms with Crippen LogP contribution >= 0.6 is 0 Å². The van der Waals surface area contributed by atoms with Crippen LogP contribution in [0.5, 0.6) is 5.75 Å². The Morgan fingerprint density at radius 3 is 2.22 bits per heavy atom. The number of nitrogens with zero attached hydrogens (tertiary/aromatic N) is 2. The summed E-state index contributed by atoms with van der Waals surface area (Å²) in [6.45, 7) is 10.7. The molecule has 4 nitrogen and oxygen atoms in total. The van der Waals surface area contributed by atoms with Gasteiger partial charge in [-0.05, 0) is 6.42 Å². The third-order valence-electron chi connectivity index (χ3n) is 2.40. The van der Waals surface area contributed by atoms with E-state index < -0.39 is 5.41 Å². The molecule has 1 aromatic heterocycles. The molecule has 0 aromatic carbocycles. The highest BCUT2D eigenvalue weighted by Gasteiger charge is 2.22. The summed E-state index contributed by atoms with van der Waals surface area (Å²) in [5.41, 5.74) is -0.401. The lowest BCUT2D eigenvalue weighted by Crippen LogP contribution is -2.25. The highest BCUT2D eigenvalue weighted by molar-refractivity contribution is 5.15. The topological polar surface area (TPSA) is 55.2 Å². The molecule has 104 valence electrons. The monoisotopic (exact) mass is 254 g/mol. The zero-order valence-corrected chi connectivity index (χ0v) is 12.2. The van der Waals surface area contributed by atoms with Crippen LogP contribution in [-0.4, -0.2) is 28.3 Å². The van der Waals surface area contributed by atoms with E-state index in [-0.39, 0.29) is 6.61 Å². The average Bonchev–Trinajstić information content (AvgIpc) is 2.42. The molecule has 0 saturated heterocycles. The van der Waals surface area contributed by atoms with Crippen molar-refractivity contribution >= 4 is 0 Å². The van der Waals surface area contributed by atoms with Crippen LogP contribution < -0.4 is 4.74 Å². The Morgan fingerprint density at radius 2 is 1.78 bits per heavy atom. The van der Waals surface area contributed by atoms with Crippen LogP contribution in [-0.2, 0) is 5.41 Å². The van der Waals surface area contributed by atoms with Crippen molar-refractivity contribution in [3.63, 3.8) is 0 Å². The molecule has 1 heterocycles. The number of hydrogen-bond donors (Lipinski definition) is 1. The van der Waals surface area contributed by atoms with Gasteiger partial charge in [0.15, 0.2) is 5.75 Å². The summed E-state index contributed by atoms with van der Waals surface area (Å²) in [4.78, 5) is 8.41. The smallest absolute Gasteiger partial charge is 0.155 e. The van der Waals surface area contributed by atoms with Crippen LogP contribution in [0.1, 0.15) is 53.3 Å². The Kier molecular flexibility index (Phi) is 8.29. The Hall–Kier alpha value is -1.16. The molecule has 0 bridgehead atoms. The van der Waals surface area contributed by atoms with Gasteiger partial charge in [-0.25, -0.2) is 9.97 Å². The van der Waals surface area contributed by atoms with Gasteiger partial charge in [-0.2, -0.15) is 0 Å². The van der Waals surface area contributed by atoms with Crippen molar-refractivity contribution < 1.29 is 9.84 Å². The first-order chi connectivity index (χ1) is 8.60. The largest absolute Gasteiger partial charge is 0.490 e. The van der Waals surface area contributed by atoms with E-state index in [0.717, 1.165) is 12.8 Å². The molecule has 0 amide bonds. The van der Waals surface area contributed by atoms with Crippen molar-refractivity contribution in [2.45, 2.75) is 52.9 Å². The summed E-state index contributed by atoms with van der Waals surface area (Å²) >= 11 is 0. The second-order valence-electron chi connectivity index (χ2n) is 4.49. The molecule has 0 fully saturated rings. The molecular formula is C14H26N2O2. The van der Waals surface area contributed by atoms with Crippen LogP contribution in [0.2, 0.25) is 0 Å². The lowest BCUT2D eigenvalue weighted by molar-refractivity contribution is 0.211. The maximum absolute atomic E-state index is 9.18. The number of ether oxygens (including phenoxy) is 1. The van der Waals surface area contributed by atoms with Crippen molar-refractivity contribution in [3.8, 4) is 5.75 Å². The van der Waals surface area contributed by atoms with Gasteiger partial charge in [-0.15, -0.1) is 0 Å². The van der Waals surface area contributed by atoms with E-state index in [4.69, 9.17) is 4.74 Å². The lowest BCUT2D eigenvalue weighted by atomic mass is 9.94. The fourth-order valence-electron chi connectivity index (χ4n) is 1.15. The van der Waals surface area contributed by atoms with Gasteiger partial charge in [-0.1, -0.05) is 41.0 Å². The zero-order valence-electron chi connectivity index (χ0n) is 12.2. The highest BCUT2D eigenvalue weighted by atomic mass is 16.5. The maximum atomic E-state index is 9.18. The van der Waals surface area contributed by atoms with E-state index in [0.29, 0.717) is 18.2 Å². The van der Waals surface area contributed by atoms with Crippen molar-refractivity contribution in [1.82, 2.24) is 9.97 Å². The zero-order chi connectivity index (χ0) is 14.0. The van der Waals surface area contributed by atoms with Crippen molar-refractivity contribution in [1.29, 1.82) is 0 Å². The number of aliphatic hydroxyl groups is 1. The fourth-order valence-corrected chi connectivity index (χ4v) is 1.15. The van der Waals surface area contributed by atoms with Crippen molar-refractivity contribution in [3.05, 3.63) is 18.2 Å². The molecule has 0 unspecified atom stereocenters. The lowest BCUT2D eigenvalue weighted by Gasteiger charge is -2.19. The Labute approximate surface area is 110 Å². The molecule has 0 aliphatic heterocycles. The van der Waals surface area contributed by atoms with E-state index >= 15 is 0 Å². The van der Waals surface area contributed by atoms with Crippen LogP contribution in [0.3, 0.4) is 0 Å². The molecule has 1 rings (SSSR count). The van der Waals surface area contributed by atoms with Gasteiger partial charge >= 0.3 is 0 Å². The van der Waals surface area contributed by atoms with E-state index in [2.05, 4.69) is 16.9 Å². The Morgan fingerprint density at radius 1 is 1.22 bits per heavy atom. The van der Waals surface area contributed by atoms with Crippen molar-refractivity contribution in [2.24, 2.45) is 0 Å². The standard InChI is InChI=1S/C12H20N2O2.C2H6/c1-4-5-6-16-10-7-13-11(14-8-10)12(2,3)9-15;1-2/h7-8,15H,4-6,9H2,1-3H3;1-2H3. The fraction of sp³-hybridized carbons (Fsp3) is 0.714. The van der Waals surface area contributed by atoms with Crippen molar-refractivity contribution in [2.75, 3.05) is 13.2 Å². The average molecular weight is 254 g/mol. The van der Waals surface area contributed by atoms with E-state index in [1.807, 2.05) is 27.7 Å². The summed E-state index contributed by atoms with van der Waals surface area (Å²) in [5, 5.41) is 9.18. The minimum atomic E-state index is -0.401. The van der Waals surface area contributed by atoms with E-state index in [9.17, 15) is 5.11 Å². The summed E-state index contributed by atoms with van der Waals surface area (Å²) in [7, 11) is 0. The first-order valence-electron chi connectivity index (χ1n) is 6.66. The Balaban J connectivity index is 0.00000137. The van der Waals surface area contributed by atoms with Gasteiger partial charge in [-0.3, -0.25) is 0 Å². The number of aromatic nitrogens is 2. The van der Waals surface area contributed by atoms with Gasteiger partial charge in [0, 0.05) is 5.41 Å². The minimum absolute atomic E-state index is 0.0308. The third kappa shape index (κ3) is 5.45. The molecule has 1 aromatic rings. The molecule has 0 aliphatic carbocycles. The molecular weight excluding hydrogens is 228 g/mol. The number of hydrogen-bond acceptors (Lipinski definition) is 4. The number of aliphatic hydroxyl groups excluding tert-OH is 1. The Bertz CT molecular complexity index is 310. The van der Waals surface area contributed by atoms with Crippen LogP contribution in [0.15, 0.2) is 12.4 Å². The quantitative estimate of drug-likeness (QED) is 0.793. The third-order valence-corrected chi connectivity index (χ3v) is 2.40. The summed E-state index contributed by atoms with van der Waals surface area (Å²) in [5.74, 6) is 1.32. The van der Waals surface area contributed by atoms with Gasteiger partial charge in [0.05, 0.1) is 25.6 Å². The molecule has 0 spiro atoms. The second-order valence-corrected chi connectivity index (χ2v) is 4.49. The van der Waals surface area contributed by atoms with Gasteiger partial charge < -0.3 is 9.84 Å². The number of rotatable bonds is 6. The molecule has 0 atom stereocenters. The van der Waals surface area contributed by atoms with Crippen LogP contribution in [0, 0.1) is 0 Å². The molecule has 18 heavy (non-hydrogen) atoms. The summed E-state index contributed by atoms with van der Waals surface area (Å²) < 4.78 is 5.46. The molecule has 0 radical (unpaired) electrons. The normalized spacial score (nSPS) is 10.6. The van der Waals surface area contributed by atoms with Gasteiger partial charge in [0.2, 0.25) is 0 Å². The molecule has 0 aliphatic rings. The molecule has 0 saturated carbocycles. The molecule has 4 heteroatoms. The van der Waals surface area contributed by atoms with E-state index in [1.165, 1.54) is 0 Å². The SMILES string of the molecule is CC.CCCCOc1cnc(C(C)(C)CO)nc1. The first-order valence-corrected chi connectivity index (χ1v) is 6.66. The predicted molar refractivity (Wildman–Crippen MR) is 73.9 cm³/mol.